The lowest BCUT2D eigenvalue weighted by molar-refractivity contribution is -0.123. The molecule has 1 aliphatic heterocycles. The van der Waals surface area contributed by atoms with Crippen LogP contribution in [0.5, 0.6) is 0 Å². The third kappa shape index (κ3) is 2.31. The number of rotatable bonds is 3. The second-order valence-corrected chi connectivity index (χ2v) is 3.70. The smallest absolute Gasteiger partial charge is 0.135 e. The minimum absolute atomic E-state index is 0.289. The first kappa shape index (κ1) is 9.72. The van der Waals surface area contributed by atoms with Crippen molar-refractivity contribution in [3.05, 3.63) is 0 Å². The maximum atomic E-state index is 11.4. The zero-order valence-electron chi connectivity index (χ0n) is 8.10. The Morgan fingerprint density at radius 1 is 1.50 bits per heavy atom. The van der Waals surface area contributed by atoms with Gasteiger partial charge in [0.05, 0.1) is 0 Å². The summed E-state index contributed by atoms with van der Waals surface area (Å²) in [6.07, 6.45) is 3.05. The van der Waals surface area contributed by atoms with Crippen LogP contribution in [0.3, 0.4) is 0 Å². The largest absolute Gasteiger partial charge is 0.317 e. The van der Waals surface area contributed by atoms with Gasteiger partial charge in [-0.05, 0) is 31.8 Å². The van der Waals surface area contributed by atoms with Crippen molar-refractivity contribution in [2.45, 2.75) is 33.1 Å². The van der Waals surface area contributed by atoms with Crippen molar-refractivity contribution in [1.82, 2.24) is 5.32 Å². The quantitative estimate of drug-likeness (QED) is 0.695. The molecule has 1 aliphatic rings. The fraction of sp³-hybridized carbons (Fsp3) is 0.900. The Bertz CT molecular complexity index is 150. The van der Waals surface area contributed by atoms with E-state index < -0.39 is 0 Å². The summed E-state index contributed by atoms with van der Waals surface area (Å²) in [6, 6.07) is 0. The molecule has 0 saturated carbocycles. The third-order valence-corrected chi connectivity index (χ3v) is 2.95. The molecule has 0 bridgehead atoms. The van der Waals surface area contributed by atoms with Crippen LogP contribution in [-0.2, 0) is 4.79 Å². The van der Waals surface area contributed by atoms with E-state index in [1.807, 2.05) is 6.92 Å². The number of Topliss-reactive ketones (excluding diaryl/α,β-unsaturated/α-hetero) is 1. The van der Waals surface area contributed by atoms with Gasteiger partial charge in [0.1, 0.15) is 5.78 Å². The monoisotopic (exact) mass is 169 g/mol. The first-order valence-corrected chi connectivity index (χ1v) is 4.99. The van der Waals surface area contributed by atoms with Crippen molar-refractivity contribution >= 4 is 5.78 Å². The standard InChI is InChI=1S/C10H19NO/c1-3-10(12)8(2)9-4-6-11-7-5-9/h8-9,11H,3-7H2,1-2H3. The van der Waals surface area contributed by atoms with E-state index in [1.165, 1.54) is 12.8 Å². The van der Waals surface area contributed by atoms with Gasteiger partial charge in [0.25, 0.3) is 0 Å². The zero-order valence-corrected chi connectivity index (χ0v) is 8.10. The lowest BCUT2D eigenvalue weighted by atomic mass is 9.83. The number of piperidine rings is 1. The number of hydrogen-bond donors (Lipinski definition) is 1. The lowest BCUT2D eigenvalue weighted by Gasteiger charge is -2.27. The molecule has 1 rings (SSSR count). The molecule has 0 aromatic rings. The van der Waals surface area contributed by atoms with Crippen molar-refractivity contribution in [2.75, 3.05) is 13.1 Å². The summed E-state index contributed by atoms with van der Waals surface area (Å²) < 4.78 is 0. The molecule has 1 N–H and O–H groups in total. The van der Waals surface area contributed by atoms with Crippen LogP contribution in [0.25, 0.3) is 0 Å². The highest BCUT2D eigenvalue weighted by atomic mass is 16.1. The molecule has 12 heavy (non-hydrogen) atoms. The lowest BCUT2D eigenvalue weighted by Crippen LogP contribution is -2.33. The van der Waals surface area contributed by atoms with Gasteiger partial charge in [-0.25, -0.2) is 0 Å². The van der Waals surface area contributed by atoms with Crippen molar-refractivity contribution < 1.29 is 4.79 Å². The SMILES string of the molecule is CCC(=O)C(C)C1CCNCC1. The van der Waals surface area contributed by atoms with Crippen LogP contribution >= 0.6 is 0 Å². The fourth-order valence-corrected chi connectivity index (χ4v) is 1.93. The van der Waals surface area contributed by atoms with Crippen molar-refractivity contribution in [2.24, 2.45) is 11.8 Å². The summed E-state index contributed by atoms with van der Waals surface area (Å²) >= 11 is 0. The van der Waals surface area contributed by atoms with E-state index in [0.717, 1.165) is 13.1 Å². The van der Waals surface area contributed by atoms with E-state index in [9.17, 15) is 4.79 Å². The number of ketones is 1. The number of hydrogen-bond acceptors (Lipinski definition) is 2. The predicted octanol–water partition coefficient (Wildman–Crippen LogP) is 1.60. The van der Waals surface area contributed by atoms with Gasteiger partial charge < -0.3 is 5.32 Å². The summed E-state index contributed by atoms with van der Waals surface area (Å²) in [4.78, 5) is 11.4. The van der Waals surface area contributed by atoms with Gasteiger partial charge in [-0.1, -0.05) is 13.8 Å². The van der Waals surface area contributed by atoms with Crippen LogP contribution in [0.4, 0.5) is 0 Å². The van der Waals surface area contributed by atoms with Crippen molar-refractivity contribution in [3.8, 4) is 0 Å². The van der Waals surface area contributed by atoms with Crippen LogP contribution in [-0.4, -0.2) is 18.9 Å². The molecule has 1 atom stereocenters. The molecular weight excluding hydrogens is 150 g/mol. The summed E-state index contributed by atoms with van der Waals surface area (Å²) in [5.74, 6) is 1.36. The van der Waals surface area contributed by atoms with E-state index >= 15 is 0 Å². The predicted molar refractivity (Wildman–Crippen MR) is 50.1 cm³/mol. The van der Waals surface area contributed by atoms with Gasteiger partial charge in [-0.2, -0.15) is 0 Å². The molecule has 0 radical (unpaired) electrons. The van der Waals surface area contributed by atoms with Gasteiger partial charge in [-0.15, -0.1) is 0 Å². The van der Waals surface area contributed by atoms with Gasteiger partial charge in [0.2, 0.25) is 0 Å². The molecule has 1 heterocycles. The number of carbonyl (C=O) groups is 1. The Morgan fingerprint density at radius 3 is 2.58 bits per heavy atom. The molecule has 2 nitrogen and oxygen atoms in total. The summed E-state index contributed by atoms with van der Waals surface area (Å²) in [5.41, 5.74) is 0. The molecule has 0 aromatic heterocycles. The maximum absolute atomic E-state index is 11.4. The molecule has 0 aliphatic carbocycles. The van der Waals surface area contributed by atoms with Gasteiger partial charge in [0, 0.05) is 12.3 Å². The molecule has 1 unspecified atom stereocenters. The van der Waals surface area contributed by atoms with E-state index in [-0.39, 0.29) is 5.92 Å². The third-order valence-electron chi connectivity index (χ3n) is 2.95. The Morgan fingerprint density at radius 2 is 2.08 bits per heavy atom. The Labute approximate surface area is 74.7 Å². The minimum atomic E-state index is 0.289. The van der Waals surface area contributed by atoms with Crippen LogP contribution < -0.4 is 5.32 Å². The normalized spacial score (nSPS) is 22.2. The zero-order chi connectivity index (χ0) is 8.97. The van der Waals surface area contributed by atoms with Crippen LogP contribution in [0, 0.1) is 11.8 Å². The second-order valence-electron chi connectivity index (χ2n) is 3.70. The summed E-state index contributed by atoms with van der Waals surface area (Å²) in [7, 11) is 0. The Hall–Kier alpha value is -0.370. The first-order chi connectivity index (χ1) is 5.75. The molecule has 1 saturated heterocycles. The minimum Gasteiger partial charge on any atom is -0.317 e. The average Bonchev–Trinajstić information content (AvgIpc) is 2.17. The second kappa shape index (κ2) is 4.61. The Balaban J connectivity index is 2.39. The molecule has 2 heteroatoms. The van der Waals surface area contributed by atoms with Gasteiger partial charge in [0.15, 0.2) is 0 Å². The Kier molecular flexibility index (Phi) is 3.73. The number of nitrogens with one attached hydrogen (secondary N) is 1. The number of carbonyl (C=O) groups excluding carboxylic acids is 1. The van der Waals surface area contributed by atoms with E-state index in [4.69, 9.17) is 0 Å². The topological polar surface area (TPSA) is 29.1 Å². The van der Waals surface area contributed by atoms with Crippen molar-refractivity contribution in [1.29, 1.82) is 0 Å². The first-order valence-electron chi connectivity index (χ1n) is 4.99. The van der Waals surface area contributed by atoms with Crippen LogP contribution in [0.1, 0.15) is 33.1 Å². The molecular formula is C10H19NO. The molecule has 0 amide bonds. The summed E-state index contributed by atoms with van der Waals surface area (Å²) in [6.45, 7) is 6.22. The maximum Gasteiger partial charge on any atom is 0.135 e. The molecule has 0 aromatic carbocycles. The van der Waals surface area contributed by atoms with E-state index in [2.05, 4.69) is 12.2 Å². The van der Waals surface area contributed by atoms with E-state index in [1.54, 1.807) is 0 Å². The van der Waals surface area contributed by atoms with Crippen LogP contribution in [0.15, 0.2) is 0 Å². The van der Waals surface area contributed by atoms with Gasteiger partial charge >= 0.3 is 0 Å². The van der Waals surface area contributed by atoms with E-state index in [0.29, 0.717) is 18.1 Å². The molecule has 1 fully saturated rings. The highest BCUT2D eigenvalue weighted by Gasteiger charge is 2.23. The fourth-order valence-electron chi connectivity index (χ4n) is 1.93. The molecule has 70 valence electrons. The van der Waals surface area contributed by atoms with Crippen molar-refractivity contribution in [3.63, 3.8) is 0 Å². The highest BCUT2D eigenvalue weighted by molar-refractivity contribution is 5.80. The van der Waals surface area contributed by atoms with Gasteiger partial charge in [-0.3, -0.25) is 4.79 Å². The summed E-state index contributed by atoms with van der Waals surface area (Å²) in [5, 5.41) is 3.32. The average molecular weight is 169 g/mol. The van der Waals surface area contributed by atoms with Crippen LogP contribution in [0.2, 0.25) is 0 Å². The molecule has 0 spiro atoms. The highest BCUT2D eigenvalue weighted by Crippen LogP contribution is 2.22.